The van der Waals surface area contributed by atoms with E-state index in [-0.39, 0.29) is 113 Å². The molecular formula is CaCrLaO4. The van der Waals surface area contributed by atoms with Crippen LogP contribution < -0.4 is 0 Å². The quantitative estimate of drug-likeness (QED) is 0.518. The van der Waals surface area contributed by atoms with Crippen molar-refractivity contribution in [2.24, 2.45) is 0 Å². The van der Waals surface area contributed by atoms with Gasteiger partial charge in [0.2, 0.25) is 0 Å². The summed E-state index contributed by atoms with van der Waals surface area (Å²) >= 11 is 0. The van der Waals surface area contributed by atoms with Gasteiger partial charge in [0.1, 0.15) is 0 Å². The average molecular weight is 295 g/mol. The molecule has 0 heterocycles. The maximum Gasteiger partial charge on any atom is 3.00 e. The molecule has 4 nitrogen and oxygen atoms in total. The van der Waals surface area contributed by atoms with Crippen molar-refractivity contribution < 1.29 is 74.9 Å². The molecular weight excluding hydrogens is 295 g/mol. The van der Waals surface area contributed by atoms with Crippen molar-refractivity contribution >= 4 is 37.7 Å². The maximum atomic E-state index is 0. The standard InChI is InChI=1S/Ca.Cr.La.4O/q+2;2*+3;4*-2. The Labute approximate surface area is 110 Å². The van der Waals surface area contributed by atoms with Crippen LogP contribution in [0.25, 0.3) is 0 Å². The van der Waals surface area contributed by atoms with Crippen LogP contribution in [0.3, 0.4) is 0 Å². The van der Waals surface area contributed by atoms with Crippen molar-refractivity contribution in [3.63, 3.8) is 0 Å². The Bertz CT molecular complexity index is 11.7. The van der Waals surface area contributed by atoms with Crippen LogP contribution in [0.15, 0.2) is 0 Å². The SMILES string of the molecule is [Ca+2].[Cr+3].[La+3].[O-2].[O-2].[O-2].[O-2]. The second-order valence-corrected chi connectivity index (χ2v) is 0. The van der Waals surface area contributed by atoms with Gasteiger partial charge in [0, 0.05) is 0 Å². The van der Waals surface area contributed by atoms with Crippen LogP contribution in [-0.4, -0.2) is 37.7 Å². The zero-order valence-electron chi connectivity index (χ0n) is 3.33. The molecule has 0 aromatic rings. The smallest absolute Gasteiger partial charge is 2.00 e. The minimum Gasteiger partial charge on any atom is -2.00 e. The molecule has 7 heteroatoms. The predicted octanol–water partition coefficient (Wildman–Crippen LogP) is -0.859. The minimum atomic E-state index is 0. The van der Waals surface area contributed by atoms with E-state index in [9.17, 15) is 0 Å². The molecule has 0 aliphatic rings. The van der Waals surface area contributed by atoms with Gasteiger partial charge < -0.3 is 21.9 Å². The van der Waals surface area contributed by atoms with Crippen LogP contribution in [0.5, 0.6) is 0 Å². The number of hydrogen-bond donors (Lipinski definition) is 0. The van der Waals surface area contributed by atoms with Crippen molar-refractivity contribution in [2.45, 2.75) is 0 Å². The second kappa shape index (κ2) is 67.7. The third-order valence-corrected chi connectivity index (χ3v) is 0. The van der Waals surface area contributed by atoms with E-state index >= 15 is 0 Å². The Balaban J connectivity index is 0. The Hall–Kier alpha value is 2.83. The summed E-state index contributed by atoms with van der Waals surface area (Å²) in [5, 5.41) is 0. The van der Waals surface area contributed by atoms with Crippen LogP contribution in [0.4, 0.5) is 0 Å². The first-order valence-electron chi connectivity index (χ1n) is 0. The van der Waals surface area contributed by atoms with Crippen molar-refractivity contribution in [1.82, 2.24) is 0 Å². The van der Waals surface area contributed by atoms with E-state index in [4.69, 9.17) is 0 Å². The molecule has 0 rings (SSSR count). The normalized spacial score (nSPS) is 0. The van der Waals surface area contributed by atoms with E-state index in [1.54, 1.807) is 0 Å². The molecule has 0 saturated heterocycles. The number of hydrogen-bond acceptors (Lipinski definition) is 0. The van der Waals surface area contributed by atoms with Crippen molar-refractivity contribution in [1.29, 1.82) is 0 Å². The average Bonchev–Trinajstić information content (AvgIpc) is 0. The molecule has 1 radical (unpaired) electrons. The van der Waals surface area contributed by atoms with Gasteiger partial charge >= 0.3 is 90.7 Å². The molecule has 0 spiro atoms. The maximum absolute atomic E-state index is 0. The molecule has 35 valence electrons. The zero-order chi connectivity index (χ0) is 0. The zero-order valence-corrected chi connectivity index (χ0v) is 10.4. The molecule has 0 saturated carbocycles. The first kappa shape index (κ1) is 95.8. The second-order valence-electron chi connectivity index (χ2n) is 0. The van der Waals surface area contributed by atoms with Gasteiger partial charge in [-0.15, -0.1) is 0 Å². The van der Waals surface area contributed by atoms with Gasteiger partial charge in [0.05, 0.1) is 0 Å². The molecule has 0 aromatic heterocycles. The molecule has 0 atom stereocenters. The third kappa shape index (κ3) is 51.5. The molecule has 0 unspecified atom stereocenters. The molecule has 0 fully saturated rings. The minimum absolute atomic E-state index is 0. The fourth-order valence-corrected chi connectivity index (χ4v) is 0. The van der Waals surface area contributed by atoms with Gasteiger partial charge in [0.25, 0.3) is 0 Å². The van der Waals surface area contributed by atoms with Gasteiger partial charge in [-0.2, -0.15) is 0 Å². The molecule has 0 N–H and O–H groups in total. The molecule has 0 aliphatic heterocycles. The Morgan fingerprint density at radius 3 is 0.571 bits per heavy atom. The van der Waals surface area contributed by atoms with E-state index in [0.29, 0.717) is 0 Å². The van der Waals surface area contributed by atoms with Crippen LogP contribution in [0.1, 0.15) is 0 Å². The van der Waals surface area contributed by atoms with Crippen molar-refractivity contribution in [3.05, 3.63) is 0 Å². The van der Waals surface area contributed by atoms with E-state index in [1.165, 1.54) is 0 Å². The number of rotatable bonds is 0. The first-order valence-corrected chi connectivity index (χ1v) is 0. The van der Waals surface area contributed by atoms with Crippen molar-refractivity contribution in [3.8, 4) is 0 Å². The summed E-state index contributed by atoms with van der Waals surface area (Å²) in [7, 11) is 0. The summed E-state index contributed by atoms with van der Waals surface area (Å²) in [4.78, 5) is 0. The summed E-state index contributed by atoms with van der Waals surface area (Å²) in [6.45, 7) is 0. The predicted molar refractivity (Wildman–Crippen MR) is 8.50 cm³/mol. The summed E-state index contributed by atoms with van der Waals surface area (Å²) < 4.78 is 0. The van der Waals surface area contributed by atoms with Crippen LogP contribution in [0, 0.1) is 35.6 Å². The van der Waals surface area contributed by atoms with Crippen LogP contribution >= 0.6 is 0 Å². The molecule has 7 heavy (non-hydrogen) atoms. The molecule has 0 amide bonds. The van der Waals surface area contributed by atoms with E-state index in [0.717, 1.165) is 0 Å². The molecule has 0 aliphatic carbocycles. The summed E-state index contributed by atoms with van der Waals surface area (Å²) in [5.41, 5.74) is 0. The summed E-state index contributed by atoms with van der Waals surface area (Å²) in [5.74, 6) is 0. The molecule has 0 bridgehead atoms. The van der Waals surface area contributed by atoms with Gasteiger partial charge in [-0.25, -0.2) is 0 Å². The third-order valence-electron chi connectivity index (χ3n) is 0. The topological polar surface area (TPSA) is 114 Å². The van der Waals surface area contributed by atoms with Gasteiger partial charge in [0.15, 0.2) is 0 Å². The Morgan fingerprint density at radius 1 is 0.571 bits per heavy atom. The van der Waals surface area contributed by atoms with Gasteiger partial charge in [-0.05, 0) is 0 Å². The van der Waals surface area contributed by atoms with E-state index in [1.807, 2.05) is 0 Å². The van der Waals surface area contributed by atoms with Crippen LogP contribution in [-0.2, 0) is 39.3 Å². The van der Waals surface area contributed by atoms with E-state index < -0.39 is 0 Å². The summed E-state index contributed by atoms with van der Waals surface area (Å²) in [6, 6.07) is 0. The first-order chi connectivity index (χ1) is 0. The fraction of sp³-hybridized carbons (Fsp3) is 0. The molecule has 0 aromatic carbocycles. The van der Waals surface area contributed by atoms with Gasteiger partial charge in [-0.3, -0.25) is 0 Å². The van der Waals surface area contributed by atoms with Crippen molar-refractivity contribution in [2.75, 3.05) is 0 Å². The summed E-state index contributed by atoms with van der Waals surface area (Å²) in [6.07, 6.45) is 0. The Kier molecular flexibility index (Phi) is 926. The largest absolute Gasteiger partial charge is 3.00 e. The van der Waals surface area contributed by atoms with Gasteiger partial charge in [-0.1, -0.05) is 0 Å². The fourth-order valence-electron chi connectivity index (χ4n) is 0. The van der Waals surface area contributed by atoms with Crippen LogP contribution in [0.2, 0.25) is 0 Å². The van der Waals surface area contributed by atoms with E-state index in [2.05, 4.69) is 0 Å². The Morgan fingerprint density at radius 2 is 0.571 bits per heavy atom. The monoisotopic (exact) mass is 295 g/mol.